The number of benzene rings is 1. The second-order valence-electron chi connectivity index (χ2n) is 4.56. The van der Waals surface area contributed by atoms with Crippen molar-refractivity contribution in [2.75, 3.05) is 19.6 Å². The van der Waals surface area contributed by atoms with Gasteiger partial charge in [-0.25, -0.2) is 4.79 Å². The molecule has 0 amide bonds. The number of methoxy groups -OCH3 is 1. The second-order valence-corrected chi connectivity index (χ2v) is 4.82. The third-order valence-electron chi connectivity index (χ3n) is 2.74. The van der Waals surface area contributed by atoms with Gasteiger partial charge in [0, 0.05) is 5.88 Å². The zero-order chi connectivity index (χ0) is 16.4. The van der Waals surface area contributed by atoms with Gasteiger partial charge in [-0.05, 0) is 11.1 Å². The van der Waals surface area contributed by atoms with E-state index in [2.05, 4.69) is 11.3 Å². The van der Waals surface area contributed by atoms with E-state index in [9.17, 15) is 9.59 Å². The molecule has 1 aromatic rings. The highest BCUT2D eigenvalue weighted by Gasteiger charge is 2.24. The molecule has 0 radical (unpaired) electrons. The summed E-state index contributed by atoms with van der Waals surface area (Å²) < 4.78 is 15.0. The van der Waals surface area contributed by atoms with E-state index in [-0.39, 0.29) is 25.5 Å². The van der Waals surface area contributed by atoms with E-state index in [0.717, 1.165) is 5.56 Å². The number of ether oxygens (including phenoxy) is 3. The monoisotopic (exact) mass is 326 g/mol. The summed E-state index contributed by atoms with van der Waals surface area (Å²) in [7, 11) is 1.23. The summed E-state index contributed by atoms with van der Waals surface area (Å²) in [4.78, 5) is 23.4. The minimum atomic E-state index is -1.03. The van der Waals surface area contributed by atoms with Gasteiger partial charge >= 0.3 is 11.9 Å². The highest BCUT2D eigenvalue weighted by atomic mass is 35.5. The maximum Gasteiger partial charge on any atom is 0.335 e. The highest BCUT2D eigenvalue weighted by molar-refractivity contribution is 6.19. The molecule has 0 N–H and O–H groups in total. The van der Waals surface area contributed by atoms with Crippen LogP contribution in [0.15, 0.2) is 42.5 Å². The lowest BCUT2D eigenvalue weighted by Crippen LogP contribution is -2.30. The zero-order valence-electron chi connectivity index (χ0n) is 12.4. The van der Waals surface area contributed by atoms with Crippen LogP contribution in [0.25, 0.3) is 0 Å². The van der Waals surface area contributed by atoms with Gasteiger partial charge in [-0.1, -0.05) is 36.9 Å². The Balaban J connectivity index is 2.48. The van der Waals surface area contributed by atoms with Gasteiger partial charge in [-0.2, -0.15) is 0 Å². The molecule has 1 aromatic carbocycles. The molecule has 22 heavy (non-hydrogen) atoms. The quantitative estimate of drug-likeness (QED) is 0.396. The predicted molar refractivity (Wildman–Crippen MR) is 82.5 cm³/mol. The van der Waals surface area contributed by atoms with Crippen molar-refractivity contribution in [3.8, 4) is 0 Å². The molecule has 0 saturated carbocycles. The van der Waals surface area contributed by atoms with Crippen LogP contribution in [0.5, 0.6) is 0 Å². The van der Waals surface area contributed by atoms with Gasteiger partial charge in [-0.15, -0.1) is 11.6 Å². The molecular weight excluding hydrogens is 308 g/mol. The van der Waals surface area contributed by atoms with Crippen molar-refractivity contribution in [2.24, 2.45) is 0 Å². The topological polar surface area (TPSA) is 61.8 Å². The van der Waals surface area contributed by atoms with Gasteiger partial charge in [-0.3, -0.25) is 4.79 Å². The van der Waals surface area contributed by atoms with Gasteiger partial charge in [0.1, 0.15) is 6.61 Å². The molecule has 0 aliphatic heterocycles. The Labute approximate surface area is 134 Å². The lowest BCUT2D eigenvalue weighted by molar-refractivity contribution is -0.161. The Morgan fingerprint density at radius 1 is 1.27 bits per heavy atom. The van der Waals surface area contributed by atoms with Crippen LogP contribution in [0.1, 0.15) is 12.0 Å². The molecular formula is C16H19ClO5. The molecule has 0 aliphatic rings. The smallest absolute Gasteiger partial charge is 0.335 e. The molecule has 0 spiro atoms. The predicted octanol–water partition coefficient (Wildman–Crippen LogP) is 2.47. The van der Waals surface area contributed by atoms with Crippen molar-refractivity contribution in [1.82, 2.24) is 0 Å². The minimum Gasteiger partial charge on any atom is -0.467 e. The first-order valence-corrected chi connectivity index (χ1v) is 7.21. The maximum atomic E-state index is 11.8. The first-order valence-electron chi connectivity index (χ1n) is 6.68. The summed E-state index contributed by atoms with van der Waals surface area (Å²) in [6, 6.07) is 9.25. The molecule has 0 aromatic heterocycles. The van der Waals surface area contributed by atoms with E-state index in [1.807, 2.05) is 30.3 Å². The van der Waals surface area contributed by atoms with Crippen molar-refractivity contribution in [1.29, 1.82) is 0 Å². The van der Waals surface area contributed by atoms with Crippen molar-refractivity contribution in [2.45, 2.75) is 19.1 Å². The average Bonchev–Trinajstić information content (AvgIpc) is 2.56. The van der Waals surface area contributed by atoms with Crippen LogP contribution >= 0.6 is 11.6 Å². The normalized spacial score (nSPS) is 11.5. The number of hydrogen-bond acceptors (Lipinski definition) is 5. The second kappa shape index (κ2) is 9.97. The van der Waals surface area contributed by atoms with Crippen LogP contribution in [0.2, 0.25) is 0 Å². The molecule has 5 nitrogen and oxygen atoms in total. The number of carbonyl (C=O) groups excluding carboxylic acids is 2. The lowest BCUT2D eigenvalue weighted by Gasteiger charge is -2.15. The standard InChI is InChI=1S/C16H19ClO5/c1-12(9-17)10-21-14(16(19)20-2)8-15(18)22-11-13-6-4-3-5-7-13/h3-7,14H,1,8-11H2,2H3/t14-/m0/s1. The summed E-state index contributed by atoms with van der Waals surface area (Å²) in [5.74, 6) is -0.971. The van der Waals surface area contributed by atoms with Crippen LogP contribution in [0.3, 0.4) is 0 Å². The average molecular weight is 327 g/mol. The van der Waals surface area contributed by atoms with E-state index in [1.54, 1.807) is 0 Å². The number of carbonyl (C=O) groups is 2. The summed E-state index contributed by atoms with van der Waals surface area (Å²) in [5, 5.41) is 0. The molecule has 0 heterocycles. The third-order valence-corrected chi connectivity index (χ3v) is 3.11. The summed E-state index contributed by atoms with van der Waals surface area (Å²) >= 11 is 5.58. The van der Waals surface area contributed by atoms with Crippen LogP contribution in [0.4, 0.5) is 0 Å². The summed E-state index contributed by atoms with van der Waals surface area (Å²) in [6.45, 7) is 3.88. The molecule has 0 unspecified atom stereocenters. The third kappa shape index (κ3) is 6.74. The summed E-state index contributed by atoms with van der Waals surface area (Å²) in [6.07, 6.45) is -1.26. The van der Waals surface area contributed by atoms with Crippen LogP contribution in [-0.2, 0) is 30.4 Å². The van der Waals surface area contributed by atoms with Gasteiger partial charge in [0.15, 0.2) is 6.10 Å². The van der Waals surface area contributed by atoms with E-state index in [0.29, 0.717) is 5.57 Å². The van der Waals surface area contributed by atoms with Crippen molar-refractivity contribution < 1.29 is 23.8 Å². The van der Waals surface area contributed by atoms with Gasteiger partial charge in [0.25, 0.3) is 0 Å². The molecule has 0 bridgehead atoms. The van der Waals surface area contributed by atoms with Crippen molar-refractivity contribution >= 4 is 23.5 Å². The number of hydrogen-bond donors (Lipinski definition) is 0. The van der Waals surface area contributed by atoms with Crippen LogP contribution in [-0.4, -0.2) is 37.6 Å². The first-order chi connectivity index (χ1) is 10.6. The van der Waals surface area contributed by atoms with E-state index < -0.39 is 18.0 Å². The molecule has 0 saturated heterocycles. The number of rotatable bonds is 9. The first kappa shape index (κ1) is 18.2. The molecule has 0 fully saturated rings. The van der Waals surface area contributed by atoms with Gasteiger partial charge in [0.2, 0.25) is 0 Å². The van der Waals surface area contributed by atoms with E-state index >= 15 is 0 Å². The fourth-order valence-electron chi connectivity index (χ4n) is 1.55. The molecule has 1 rings (SSSR count). The largest absolute Gasteiger partial charge is 0.467 e. The fraction of sp³-hybridized carbons (Fsp3) is 0.375. The number of esters is 2. The Morgan fingerprint density at radius 2 is 1.95 bits per heavy atom. The number of halogens is 1. The van der Waals surface area contributed by atoms with Gasteiger partial charge < -0.3 is 14.2 Å². The molecule has 0 aliphatic carbocycles. The Kier molecular flexibility index (Phi) is 8.25. The van der Waals surface area contributed by atoms with Crippen molar-refractivity contribution in [3.05, 3.63) is 48.0 Å². The minimum absolute atomic E-state index is 0.0786. The SMILES string of the molecule is C=C(CCl)CO[C@@H](CC(=O)OCc1ccccc1)C(=O)OC. The van der Waals surface area contributed by atoms with Crippen LogP contribution in [0, 0.1) is 0 Å². The molecule has 1 atom stereocenters. The van der Waals surface area contributed by atoms with Gasteiger partial charge in [0.05, 0.1) is 20.1 Å². The highest BCUT2D eigenvalue weighted by Crippen LogP contribution is 2.08. The summed E-state index contributed by atoms with van der Waals surface area (Å²) in [5.41, 5.74) is 1.47. The van der Waals surface area contributed by atoms with Crippen molar-refractivity contribution in [3.63, 3.8) is 0 Å². The maximum absolute atomic E-state index is 11.8. The Hall–Kier alpha value is -1.85. The molecule has 120 valence electrons. The molecule has 6 heteroatoms. The van der Waals surface area contributed by atoms with Crippen LogP contribution < -0.4 is 0 Å². The fourth-order valence-corrected chi connectivity index (χ4v) is 1.62. The zero-order valence-corrected chi connectivity index (χ0v) is 13.2. The Morgan fingerprint density at radius 3 is 2.55 bits per heavy atom. The lowest BCUT2D eigenvalue weighted by atomic mass is 10.2. The Bertz CT molecular complexity index is 501. The van der Waals surface area contributed by atoms with E-state index in [1.165, 1.54) is 7.11 Å². The number of alkyl halides is 1. The van der Waals surface area contributed by atoms with E-state index in [4.69, 9.17) is 21.1 Å².